The second-order valence-electron chi connectivity index (χ2n) is 12.8. The number of alkyl carbamates (subject to hydrolysis) is 1. The van der Waals surface area contributed by atoms with Gasteiger partial charge in [0.05, 0.1) is 24.1 Å². The minimum absolute atomic E-state index is 0.0183. The van der Waals surface area contributed by atoms with E-state index in [1.54, 1.807) is 44.9 Å². The van der Waals surface area contributed by atoms with Crippen molar-refractivity contribution >= 4 is 29.7 Å². The molecular formula is C34H47N3O8. The fourth-order valence-corrected chi connectivity index (χ4v) is 6.07. The number of ether oxygens (including phenoxy) is 4. The smallest absolute Gasteiger partial charge is 0.409 e. The minimum Gasteiger partial charge on any atom is -0.458 e. The van der Waals surface area contributed by atoms with Crippen molar-refractivity contribution in [1.82, 2.24) is 5.32 Å². The van der Waals surface area contributed by atoms with Gasteiger partial charge >= 0.3 is 12.1 Å². The number of benzene rings is 1. The summed E-state index contributed by atoms with van der Waals surface area (Å²) in [6.07, 6.45) is 5.73. The number of hydrogen-bond donors (Lipinski definition) is 3. The molecular weight excluding hydrogens is 578 g/mol. The molecule has 2 fully saturated rings. The van der Waals surface area contributed by atoms with Crippen LogP contribution < -0.4 is 16.0 Å². The van der Waals surface area contributed by atoms with E-state index >= 15 is 0 Å². The number of nitrogens with one attached hydrogen (secondary N) is 1. The van der Waals surface area contributed by atoms with Gasteiger partial charge in [-0.15, -0.1) is 0 Å². The maximum absolute atomic E-state index is 13.9. The van der Waals surface area contributed by atoms with E-state index in [-0.39, 0.29) is 18.7 Å². The van der Waals surface area contributed by atoms with Crippen molar-refractivity contribution in [3.63, 3.8) is 0 Å². The van der Waals surface area contributed by atoms with E-state index in [2.05, 4.69) is 5.32 Å². The molecule has 4 bridgehead atoms. The highest BCUT2D eigenvalue weighted by atomic mass is 16.7. The number of nitrogens with two attached hydrogens (primary N) is 1. The molecule has 0 spiro atoms. The minimum atomic E-state index is -1.75. The number of amides is 2. The van der Waals surface area contributed by atoms with Gasteiger partial charge in [0, 0.05) is 33.0 Å². The Kier molecular flexibility index (Phi) is 10.6. The summed E-state index contributed by atoms with van der Waals surface area (Å²) in [5, 5.41) is 14.1. The Morgan fingerprint density at radius 3 is 2.71 bits per heavy atom. The van der Waals surface area contributed by atoms with Gasteiger partial charge in [-0.3, -0.25) is 14.9 Å². The molecule has 1 aromatic rings. The molecule has 0 aromatic heterocycles. The number of carbonyl (C=O) groups is 3. The number of aliphatic hydroxyl groups is 1. The first-order chi connectivity index (χ1) is 21.2. The molecule has 1 aromatic carbocycles. The summed E-state index contributed by atoms with van der Waals surface area (Å²) >= 11 is 0. The number of esters is 1. The van der Waals surface area contributed by atoms with E-state index in [1.807, 2.05) is 50.3 Å². The molecule has 3 aliphatic rings. The number of allylic oxidation sites excluding steroid dienone is 3. The van der Waals surface area contributed by atoms with Gasteiger partial charge in [-0.1, -0.05) is 68.9 Å². The van der Waals surface area contributed by atoms with Crippen LogP contribution >= 0.6 is 0 Å². The van der Waals surface area contributed by atoms with E-state index in [9.17, 15) is 19.5 Å². The van der Waals surface area contributed by atoms with E-state index in [0.29, 0.717) is 18.7 Å². The maximum Gasteiger partial charge on any atom is 0.409 e. The van der Waals surface area contributed by atoms with Gasteiger partial charge in [0.2, 0.25) is 5.91 Å². The number of carbonyl (C=O) groups excluding carboxylic acids is 3. The average Bonchev–Trinajstić information content (AvgIpc) is 3.68. The Hall–Kier alpha value is -3.51. The largest absolute Gasteiger partial charge is 0.458 e. The monoisotopic (exact) mass is 625 g/mol. The van der Waals surface area contributed by atoms with Crippen LogP contribution in [-0.2, 0) is 35.0 Å². The van der Waals surface area contributed by atoms with Crippen molar-refractivity contribution < 1.29 is 38.4 Å². The number of anilines is 1. The molecule has 0 aliphatic carbocycles. The van der Waals surface area contributed by atoms with Gasteiger partial charge in [0.25, 0.3) is 0 Å². The summed E-state index contributed by atoms with van der Waals surface area (Å²) in [5.74, 6) is -1.56. The van der Waals surface area contributed by atoms with E-state index in [1.165, 1.54) is 7.11 Å². The molecule has 0 unspecified atom stereocenters. The third kappa shape index (κ3) is 7.66. The first-order valence-electron chi connectivity index (χ1n) is 15.4. The zero-order valence-electron chi connectivity index (χ0n) is 27.2. The summed E-state index contributed by atoms with van der Waals surface area (Å²) in [6.45, 7) is 9.42. The van der Waals surface area contributed by atoms with Gasteiger partial charge in [0.15, 0.2) is 5.72 Å². The second kappa shape index (κ2) is 13.9. The van der Waals surface area contributed by atoms with Crippen LogP contribution in [0.25, 0.3) is 6.08 Å². The Balaban J connectivity index is 1.79. The number of fused-ring (bicyclic) bond motifs is 5. The van der Waals surface area contributed by atoms with Crippen molar-refractivity contribution in [2.75, 3.05) is 25.6 Å². The highest BCUT2D eigenvalue weighted by Gasteiger charge is 2.64. The predicted molar refractivity (Wildman–Crippen MR) is 170 cm³/mol. The zero-order chi connectivity index (χ0) is 33.1. The summed E-state index contributed by atoms with van der Waals surface area (Å²) in [5.41, 5.74) is 6.45. The first-order valence-corrected chi connectivity index (χ1v) is 15.4. The van der Waals surface area contributed by atoms with Crippen LogP contribution in [0, 0.1) is 11.8 Å². The molecule has 11 nitrogen and oxygen atoms in total. The van der Waals surface area contributed by atoms with Crippen molar-refractivity contribution in [3.05, 3.63) is 59.2 Å². The van der Waals surface area contributed by atoms with Crippen molar-refractivity contribution in [2.24, 2.45) is 17.6 Å². The van der Waals surface area contributed by atoms with E-state index in [0.717, 1.165) is 16.7 Å². The lowest BCUT2D eigenvalue weighted by molar-refractivity contribution is -0.157. The molecule has 3 aliphatic heterocycles. The van der Waals surface area contributed by atoms with Gasteiger partial charge in [0.1, 0.15) is 23.9 Å². The standard InChI is InChI=1S/C34H47N3O8/c1-20(2)31(39)44-28-18-29(38)37(6)25-17-23(13-14-24(25)11-9-15-35)16-21(3)10-8-12-27(42-7)34(41)19-26(43-32(40)36-34)22(4)30-33(28,5)45-30/h8-14,17,20,22,26-28,30,41H,15-16,18-19,35H2,1-7H3,(H,36,40)/b11-9+,12-8+,21-10+/t22-,26+,27-,28+,30+,33+,34+/m1/s1. The predicted octanol–water partition coefficient (Wildman–Crippen LogP) is 3.63. The Labute approximate surface area is 265 Å². The van der Waals surface area contributed by atoms with Crippen LogP contribution in [0.1, 0.15) is 58.6 Å². The molecule has 45 heavy (non-hydrogen) atoms. The molecule has 4 N–H and O–H groups in total. The lowest BCUT2D eigenvalue weighted by Gasteiger charge is -2.42. The zero-order valence-corrected chi connectivity index (χ0v) is 27.2. The number of rotatable bonds is 5. The van der Waals surface area contributed by atoms with Crippen LogP contribution in [-0.4, -0.2) is 79.5 Å². The number of epoxide rings is 1. The topological polar surface area (TPSA) is 153 Å². The van der Waals surface area contributed by atoms with Gasteiger partial charge in [-0.05, 0) is 37.5 Å². The van der Waals surface area contributed by atoms with E-state index in [4.69, 9.17) is 24.7 Å². The Morgan fingerprint density at radius 1 is 1.31 bits per heavy atom. The molecule has 4 rings (SSSR count). The third-order valence-electron chi connectivity index (χ3n) is 8.91. The average molecular weight is 626 g/mol. The van der Waals surface area contributed by atoms with Crippen molar-refractivity contribution in [3.8, 4) is 0 Å². The van der Waals surface area contributed by atoms with Crippen LogP contribution in [0.5, 0.6) is 0 Å². The number of nitrogens with zero attached hydrogens (tertiary/aromatic N) is 1. The van der Waals surface area contributed by atoms with Gasteiger partial charge in [-0.25, -0.2) is 4.79 Å². The molecule has 3 heterocycles. The van der Waals surface area contributed by atoms with Gasteiger partial charge < -0.3 is 34.7 Å². The normalized spacial score (nSPS) is 34.4. The number of methoxy groups -OCH3 is 1. The van der Waals surface area contributed by atoms with Crippen LogP contribution in [0.15, 0.2) is 48.1 Å². The Morgan fingerprint density at radius 2 is 2.04 bits per heavy atom. The lowest BCUT2D eigenvalue weighted by atomic mass is 9.83. The SMILES string of the molecule is CO[C@@H]1/C=C/C=C(\C)Cc2ccc(/C=C/CN)c(c2)N(C)C(=O)C[C@H](OC(=O)C(C)C)[C@]2(C)O[C@H]2[C@H](C)[C@@H]2C[C@@]1(O)NC(=O)O2. The first kappa shape index (κ1) is 34.4. The van der Waals surface area contributed by atoms with Crippen molar-refractivity contribution in [1.29, 1.82) is 0 Å². The van der Waals surface area contributed by atoms with Crippen molar-refractivity contribution in [2.45, 2.75) is 89.6 Å². The molecule has 2 saturated heterocycles. The third-order valence-corrected chi connectivity index (χ3v) is 8.91. The molecule has 7 atom stereocenters. The van der Waals surface area contributed by atoms with Crippen LogP contribution in [0.4, 0.5) is 10.5 Å². The number of hydrogen-bond acceptors (Lipinski definition) is 9. The quantitative estimate of drug-likeness (QED) is 0.329. The maximum atomic E-state index is 13.9. The summed E-state index contributed by atoms with van der Waals surface area (Å²) in [7, 11) is 3.16. The van der Waals surface area contributed by atoms with E-state index < -0.39 is 59.6 Å². The molecule has 11 heteroatoms. The molecule has 246 valence electrons. The fraction of sp³-hybridized carbons (Fsp3) is 0.559. The second-order valence-corrected chi connectivity index (χ2v) is 12.8. The van der Waals surface area contributed by atoms with Gasteiger partial charge in [-0.2, -0.15) is 0 Å². The molecule has 2 amide bonds. The highest BCUT2D eigenvalue weighted by Crippen LogP contribution is 2.49. The lowest BCUT2D eigenvalue weighted by Crippen LogP contribution is -2.63. The molecule has 0 saturated carbocycles. The summed E-state index contributed by atoms with van der Waals surface area (Å²) < 4.78 is 23.4. The molecule has 0 radical (unpaired) electrons. The Bertz CT molecular complexity index is 1370. The highest BCUT2D eigenvalue weighted by molar-refractivity contribution is 5.95. The van der Waals surface area contributed by atoms with Crippen LogP contribution in [0.2, 0.25) is 0 Å². The van der Waals surface area contributed by atoms with Crippen LogP contribution in [0.3, 0.4) is 0 Å². The summed E-state index contributed by atoms with van der Waals surface area (Å²) in [6, 6.07) is 5.92. The fourth-order valence-electron chi connectivity index (χ4n) is 6.07. The summed E-state index contributed by atoms with van der Waals surface area (Å²) in [4.78, 5) is 41.0.